The minimum absolute atomic E-state index is 0.109. The molecule has 4 rings (SSSR count). The molecule has 2 amide bonds. The van der Waals surface area contributed by atoms with E-state index in [1.54, 1.807) is 41.3 Å². The van der Waals surface area contributed by atoms with Crippen LogP contribution in [0.4, 0.5) is 0 Å². The van der Waals surface area contributed by atoms with E-state index in [0.29, 0.717) is 36.5 Å². The molecule has 33 heavy (non-hydrogen) atoms. The quantitative estimate of drug-likeness (QED) is 0.560. The number of hydrogen-bond acceptors (Lipinski definition) is 3. The molecule has 1 aliphatic rings. The minimum Gasteiger partial charge on any atom is -0.508 e. The molecule has 168 valence electrons. The molecule has 0 saturated carbocycles. The highest BCUT2D eigenvalue weighted by Gasteiger charge is 2.28. The first-order chi connectivity index (χ1) is 16.0. The monoisotopic (exact) mass is 460 g/mol. The van der Waals surface area contributed by atoms with Crippen LogP contribution in [0.25, 0.3) is 5.57 Å². The number of aromatic hydroxyl groups is 1. The van der Waals surface area contributed by atoms with Crippen LogP contribution in [-0.4, -0.2) is 41.0 Å². The lowest BCUT2D eigenvalue weighted by molar-refractivity contribution is -0.132. The highest BCUT2D eigenvalue weighted by Crippen LogP contribution is 2.24. The molecule has 0 fully saturated rings. The van der Waals surface area contributed by atoms with Crippen LogP contribution in [0.5, 0.6) is 5.75 Å². The van der Waals surface area contributed by atoms with Crippen molar-refractivity contribution >= 4 is 29.0 Å². The number of benzene rings is 3. The van der Waals surface area contributed by atoms with Crippen molar-refractivity contribution in [2.24, 2.45) is 0 Å². The molecule has 3 aromatic rings. The van der Waals surface area contributed by atoms with Crippen molar-refractivity contribution in [3.05, 3.63) is 107 Å². The molecule has 1 unspecified atom stereocenters. The summed E-state index contributed by atoms with van der Waals surface area (Å²) >= 11 is 5.93. The molecule has 0 saturated heterocycles. The van der Waals surface area contributed by atoms with Gasteiger partial charge in [-0.1, -0.05) is 60.1 Å². The van der Waals surface area contributed by atoms with Crippen molar-refractivity contribution in [2.75, 3.05) is 13.1 Å². The van der Waals surface area contributed by atoms with E-state index in [1.165, 1.54) is 0 Å². The van der Waals surface area contributed by atoms with E-state index >= 15 is 0 Å². The van der Waals surface area contributed by atoms with E-state index in [2.05, 4.69) is 5.32 Å². The zero-order valence-electron chi connectivity index (χ0n) is 18.1. The summed E-state index contributed by atoms with van der Waals surface area (Å²) in [6.07, 6.45) is 3.15. The summed E-state index contributed by atoms with van der Waals surface area (Å²) in [6, 6.07) is 22.7. The van der Waals surface area contributed by atoms with Crippen LogP contribution < -0.4 is 5.32 Å². The fourth-order valence-electron chi connectivity index (χ4n) is 3.92. The Morgan fingerprint density at radius 1 is 0.970 bits per heavy atom. The number of nitrogens with one attached hydrogen (secondary N) is 1. The van der Waals surface area contributed by atoms with Crippen LogP contribution in [0.1, 0.15) is 27.9 Å². The molecule has 0 radical (unpaired) electrons. The van der Waals surface area contributed by atoms with Crippen molar-refractivity contribution in [1.82, 2.24) is 10.2 Å². The smallest absolute Gasteiger partial charge is 0.251 e. The number of rotatable bonds is 6. The number of nitrogens with zero attached hydrogens (tertiary/aromatic N) is 1. The van der Waals surface area contributed by atoms with Gasteiger partial charge in [0.25, 0.3) is 5.91 Å². The van der Waals surface area contributed by atoms with Gasteiger partial charge in [-0.05, 0) is 59.5 Å². The third kappa shape index (κ3) is 5.82. The van der Waals surface area contributed by atoms with E-state index in [4.69, 9.17) is 11.6 Å². The second-order valence-corrected chi connectivity index (χ2v) is 8.47. The first kappa shape index (κ1) is 22.6. The summed E-state index contributed by atoms with van der Waals surface area (Å²) in [6.45, 7) is 1.03. The molecule has 5 nitrogen and oxygen atoms in total. The van der Waals surface area contributed by atoms with Gasteiger partial charge in [0.1, 0.15) is 11.8 Å². The second-order valence-electron chi connectivity index (χ2n) is 8.03. The van der Waals surface area contributed by atoms with Crippen molar-refractivity contribution < 1.29 is 14.7 Å². The Morgan fingerprint density at radius 2 is 1.67 bits per heavy atom. The van der Waals surface area contributed by atoms with Crippen LogP contribution >= 0.6 is 11.6 Å². The van der Waals surface area contributed by atoms with Gasteiger partial charge in [0.15, 0.2) is 0 Å². The van der Waals surface area contributed by atoms with E-state index in [1.807, 2.05) is 48.5 Å². The Hall–Kier alpha value is -3.57. The zero-order valence-corrected chi connectivity index (χ0v) is 18.8. The summed E-state index contributed by atoms with van der Waals surface area (Å²) < 4.78 is 0. The topological polar surface area (TPSA) is 69.6 Å². The van der Waals surface area contributed by atoms with Gasteiger partial charge >= 0.3 is 0 Å². The third-order valence-corrected chi connectivity index (χ3v) is 6.00. The maximum absolute atomic E-state index is 13.4. The largest absolute Gasteiger partial charge is 0.508 e. The molecular formula is C27H25ClN2O3. The van der Waals surface area contributed by atoms with Crippen molar-refractivity contribution in [3.8, 4) is 5.75 Å². The van der Waals surface area contributed by atoms with Gasteiger partial charge in [-0.15, -0.1) is 0 Å². The number of carbonyl (C=O) groups is 2. The van der Waals surface area contributed by atoms with Gasteiger partial charge in [-0.2, -0.15) is 0 Å². The van der Waals surface area contributed by atoms with E-state index in [9.17, 15) is 14.7 Å². The van der Waals surface area contributed by atoms with Crippen molar-refractivity contribution in [3.63, 3.8) is 0 Å². The normalized spacial score (nSPS) is 14.3. The van der Waals surface area contributed by atoms with E-state index < -0.39 is 6.04 Å². The molecule has 0 aliphatic carbocycles. The lowest BCUT2D eigenvalue weighted by atomic mass is 9.98. The minimum atomic E-state index is -0.681. The predicted molar refractivity (Wildman–Crippen MR) is 130 cm³/mol. The van der Waals surface area contributed by atoms with Crippen LogP contribution in [0, 0.1) is 0 Å². The van der Waals surface area contributed by atoms with Gasteiger partial charge in [0, 0.05) is 30.1 Å². The Morgan fingerprint density at radius 3 is 2.30 bits per heavy atom. The third-order valence-electron chi connectivity index (χ3n) is 5.75. The fraction of sp³-hybridized carbons (Fsp3) is 0.185. The molecule has 3 aromatic carbocycles. The molecule has 0 spiro atoms. The molecule has 1 atom stereocenters. The highest BCUT2D eigenvalue weighted by atomic mass is 35.5. The zero-order chi connectivity index (χ0) is 23.2. The van der Waals surface area contributed by atoms with E-state index in [-0.39, 0.29) is 17.6 Å². The molecule has 1 aliphatic heterocycles. The van der Waals surface area contributed by atoms with Gasteiger partial charge in [-0.3, -0.25) is 9.59 Å². The lowest BCUT2D eigenvalue weighted by Crippen LogP contribution is -2.50. The standard InChI is InChI=1S/C27H25ClN2O3/c28-23-10-6-22(7-11-23)26(32)29-25(18-19-4-2-1-3-5-19)27(33)30-16-14-21(15-17-30)20-8-12-24(31)13-9-20/h1-14,25,31H,15-18H2,(H,29,32). The maximum atomic E-state index is 13.4. The number of phenols is 1. The summed E-state index contributed by atoms with van der Waals surface area (Å²) in [4.78, 5) is 28.1. The predicted octanol–water partition coefficient (Wildman–Crippen LogP) is 4.70. The second kappa shape index (κ2) is 10.4. The Balaban J connectivity index is 1.49. The van der Waals surface area contributed by atoms with Crippen LogP contribution in [0.3, 0.4) is 0 Å². The average Bonchev–Trinajstić information content (AvgIpc) is 2.85. The number of carbonyl (C=O) groups excluding carboxylic acids is 2. The SMILES string of the molecule is O=C(NC(Cc1ccccc1)C(=O)N1CC=C(c2ccc(O)cc2)CC1)c1ccc(Cl)cc1. The summed E-state index contributed by atoms with van der Waals surface area (Å²) in [5.41, 5.74) is 3.61. The van der Waals surface area contributed by atoms with Crippen LogP contribution in [-0.2, 0) is 11.2 Å². The Bertz CT molecular complexity index is 1140. The summed E-state index contributed by atoms with van der Waals surface area (Å²) in [5.74, 6) is -0.187. The highest BCUT2D eigenvalue weighted by molar-refractivity contribution is 6.30. The van der Waals surface area contributed by atoms with Crippen LogP contribution in [0.15, 0.2) is 84.9 Å². The summed E-state index contributed by atoms with van der Waals surface area (Å²) in [5, 5.41) is 13.0. The average molecular weight is 461 g/mol. The molecule has 0 aromatic heterocycles. The molecule has 0 bridgehead atoms. The van der Waals surface area contributed by atoms with Gasteiger partial charge < -0.3 is 15.3 Å². The van der Waals surface area contributed by atoms with Crippen molar-refractivity contribution in [2.45, 2.75) is 18.9 Å². The first-order valence-electron chi connectivity index (χ1n) is 10.9. The summed E-state index contributed by atoms with van der Waals surface area (Å²) in [7, 11) is 0. The Kier molecular flexibility index (Phi) is 7.10. The van der Waals surface area contributed by atoms with Gasteiger partial charge in [-0.25, -0.2) is 0 Å². The van der Waals surface area contributed by atoms with Gasteiger partial charge in [0.2, 0.25) is 5.91 Å². The Labute approximate surface area is 198 Å². The molecule has 6 heteroatoms. The number of amides is 2. The van der Waals surface area contributed by atoms with E-state index in [0.717, 1.165) is 16.7 Å². The fourth-order valence-corrected chi connectivity index (χ4v) is 4.05. The number of phenolic OH excluding ortho intramolecular Hbond substituents is 1. The number of halogens is 1. The molecular weight excluding hydrogens is 436 g/mol. The van der Waals surface area contributed by atoms with Crippen molar-refractivity contribution in [1.29, 1.82) is 0 Å². The molecule has 2 N–H and O–H groups in total. The lowest BCUT2D eigenvalue weighted by Gasteiger charge is -2.30. The maximum Gasteiger partial charge on any atom is 0.251 e. The first-order valence-corrected chi connectivity index (χ1v) is 11.2. The molecule has 1 heterocycles. The van der Waals surface area contributed by atoms with Crippen LogP contribution in [0.2, 0.25) is 5.02 Å². The number of hydrogen-bond donors (Lipinski definition) is 2. The van der Waals surface area contributed by atoms with Gasteiger partial charge in [0.05, 0.1) is 0 Å².